The van der Waals surface area contributed by atoms with E-state index >= 15 is 0 Å². The second-order valence-corrected chi connectivity index (χ2v) is 6.88. The molecule has 0 aliphatic carbocycles. The van der Waals surface area contributed by atoms with Gasteiger partial charge in [0, 0.05) is 21.5 Å². The summed E-state index contributed by atoms with van der Waals surface area (Å²) in [6.45, 7) is 3.93. The topological polar surface area (TPSA) is 49.6 Å². The lowest BCUT2D eigenvalue weighted by Crippen LogP contribution is -1.95. The van der Waals surface area contributed by atoms with Crippen molar-refractivity contribution in [2.24, 2.45) is 0 Å². The summed E-state index contributed by atoms with van der Waals surface area (Å²) in [6, 6.07) is 14.1. The molecule has 0 aliphatic heterocycles. The molecule has 0 unspecified atom stereocenters. The van der Waals surface area contributed by atoms with Gasteiger partial charge in [-0.2, -0.15) is 5.26 Å². The van der Waals surface area contributed by atoms with Crippen molar-refractivity contribution in [1.29, 1.82) is 5.26 Å². The van der Waals surface area contributed by atoms with Gasteiger partial charge in [-0.05, 0) is 32.0 Å². The molecule has 3 nitrogen and oxygen atoms in total. The summed E-state index contributed by atoms with van der Waals surface area (Å²) in [4.78, 5) is 10.2. The van der Waals surface area contributed by atoms with Crippen LogP contribution in [-0.2, 0) is 0 Å². The summed E-state index contributed by atoms with van der Waals surface area (Å²) in [6.07, 6.45) is 0. The minimum atomic E-state index is 0.583. The molecule has 0 amide bonds. The highest BCUT2D eigenvalue weighted by Gasteiger charge is 2.13. The lowest BCUT2D eigenvalue weighted by Gasteiger charge is -2.08. The minimum absolute atomic E-state index is 0.583. The number of aromatic nitrogens is 2. The first-order chi connectivity index (χ1) is 10.7. The van der Waals surface area contributed by atoms with Crippen LogP contribution in [0.5, 0.6) is 0 Å². The SMILES string of the molecule is Cc1nc(-c2cc(C#N)c(Sc3ccccc3)nc2C)cs1. The quantitative estimate of drug-likeness (QED) is 0.691. The Bertz CT molecular complexity index is 848. The molecule has 2 aromatic heterocycles. The summed E-state index contributed by atoms with van der Waals surface area (Å²) in [7, 11) is 0. The summed E-state index contributed by atoms with van der Waals surface area (Å²) >= 11 is 3.11. The van der Waals surface area contributed by atoms with Crippen molar-refractivity contribution in [1.82, 2.24) is 9.97 Å². The number of nitriles is 1. The second-order valence-electron chi connectivity index (χ2n) is 4.75. The maximum atomic E-state index is 9.44. The van der Waals surface area contributed by atoms with Crippen molar-refractivity contribution < 1.29 is 0 Å². The molecule has 0 saturated carbocycles. The summed E-state index contributed by atoms with van der Waals surface area (Å²) < 4.78 is 0. The third kappa shape index (κ3) is 3.03. The molecule has 0 aliphatic rings. The molecular weight excluding hydrogens is 310 g/mol. The molecule has 0 fully saturated rings. The average molecular weight is 323 g/mol. The number of benzene rings is 1. The average Bonchev–Trinajstić information content (AvgIpc) is 2.95. The van der Waals surface area contributed by atoms with Crippen molar-refractivity contribution in [3.63, 3.8) is 0 Å². The van der Waals surface area contributed by atoms with Crippen LogP contribution < -0.4 is 0 Å². The number of rotatable bonds is 3. The Morgan fingerprint density at radius 1 is 1.14 bits per heavy atom. The molecule has 5 heteroatoms. The smallest absolute Gasteiger partial charge is 0.119 e. The third-order valence-electron chi connectivity index (χ3n) is 3.15. The number of nitrogens with zero attached hydrogens (tertiary/aromatic N) is 3. The normalized spacial score (nSPS) is 10.4. The van der Waals surface area contributed by atoms with Crippen molar-refractivity contribution in [2.75, 3.05) is 0 Å². The van der Waals surface area contributed by atoms with Crippen LogP contribution in [0.4, 0.5) is 0 Å². The van der Waals surface area contributed by atoms with Gasteiger partial charge in [0.15, 0.2) is 0 Å². The number of aryl methyl sites for hydroxylation is 2. The second kappa shape index (κ2) is 6.30. The van der Waals surface area contributed by atoms with E-state index in [1.54, 1.807) is 11.3 Å². The number of pyridine rings is 1. The van der Waals surface area contributed by atoms with E-state index in [0.717, 1.165) is 31.9 Å². The van der Waals surface area contributed by atoms with E-state index in [9.17, 15) is 5.26 Å². The molecular formula is C17H13N3S2. The highest BCUT2D eigenvalue weighted by molar-refractivity contribution is 7.99. The van der Waals surface area contributed by atoms with E-state index < -0.39 is 0 Å². The molecule has 1 aromatic carbocycles. The Morgan fingerprint density at radius 3 is 2.55 bits per heavy atom. The van der Waals surface area contributed by atoms with Crippen LogP contribution in [0.15, 0.2) is 51.7 Å². The van der Waals surface area contributed by atoms with Gasteiger partial charge in [-0.15, -0.1) is 11.3 Å². The fourth-order valence-corrected chi connectivity index (χ4v) is 3.61. The third-order valence-corrected chi connectivity index (χ3v) is 4.94. The van der Waals surface area contributed by atoms with Gasteiger partial charge in [0.05, 0.1) is 16.3 Å². The van der Waals surface area contributed by atoms with Gasteiger partial charge in [-0.25, -0.2) is 9.97 Å². The fourth-order valence-electron chi connectivity index (χ4n) is 2.09. The summed E-state index contributed by atoms with van der Waals surface area (Å²) in [5.41, 5.74) is 3.29. The standard InChI is InChI=1S/C17H13N3S2/c1-11-15(16-10-21-12(2)20-16)8-13(9-18)17(19-11)22-14-6-4-3-5-7-14/h3-8,10H,1-2H3. The van der Waals surface area contributed by atoms with Crippen molar-refractivity contribution in [3.8, 4) is 17.3 Å². The van der Waals surface area contributed by atoms with Gasteiger partial charge < -0.3 is 0 Å². The fraction of sp³-hybridized carbons (Fsp3) is 0.118. The van der Waals surface area contributed by atoms with Crippen LogP contribution in [0.1, 0.15) is 16.3 Å². The van der Waals surface area contributed by atoms with E-state index in [-0.39, 0.29) is 0 Å². The van der Waals surface area contributed by atoms with Crippen molar-refractivity contribution in [3.05, 3.63) is 58.0 Å². The Morgan fingerprint density at radius 2 is 1.91 bits per heavy atom. The van der Waals surface area contributed by atoms with Gasteiger partial charge >= 0.3 is 0 Å². The highest BCUT2D eigenvalue weighted by atomic mass is 32.2. The Balaban J connectivity index is 2.03. The van der Waals surface area contributed by atoms with E-state index in [0.29, 0.717) is 5.56 Å². The lowest BCUT2D eigenvalue weighted by atomic mass is 10.1. The first-order valence-electron chi connectivity index (χ1n) is 6.74. The van der Waals surface area contributed by atoms with Crippen LogP contribution in [0.25, 0.3) is 11.3 Å². The first kappa shape index (κ1) is 14.8. The summed E-state index contributed by atoms with van der Waals surface area (Å²) in [5, 5.41) is 13.2. The molecule has 3 aromatic rings. The van der Waals surface area contributed by atoms with Crippen LogP contribution >= 0.6 is 23.1 Å². The molecule has 0 atom stereocenters. The van der Waals surface area contributed by atoms with E-state index in [2.05, 4.69) is 16.0 Å². The molecule has 3 rings (SSSR count). The maximum Gasteiger partial charge on any atom is 0.119 e. The van der Waals surface area contributed by atoms with Gasteiger partial charge in [-0.1, -0.05) is 30.0 Å². The zero-order chi connectivity index (χ0) is 15.5. The monoisotopic (exact) mass is 323 g/mol. The van der Waals surface area contributed by atoms with Gasteiger partial charge in [0.1, 0.15) is 11.1 Å². The van der Waals surface area contributed by atoms with E-state index in [1.165, 1.54) is 11.8 Å². The van der Waals surface area contributed by atoms with Crippen LogP contribution in [-0.4, -0.2) is 9.97 Å². The van der Waals surface area contributed by atoms with Crippen LogP contribution in [0.2, 0.25) is 0 Å². The van der Waals surface area contributed by atoms with E-state index in [1.807, 2.05) is 55.6 Å². The Kier molecular flexibility index (Phi) is 4.23. The zero-order valence-corrected chi connectivity index (χ0v) is 13.8. The predicted octanol–water partition coefficient (Wildman–Crippen LogP) is 4.84. The van der Waals surface area contributed by atoms with Crippen molar-refractivity contribution in [2.45, 2.75) is 23.8 Å². The maximum absolute atomic E-state index is 9.44. The van der Waals surface area contributed by atoms with Gasteiger partial charge in [-0.3, -0.25) is 0 Å². The molecule has 0 bridgehead atoms. The molecule has 108 valence electrons. The molecule has 22 heavy (non-hydrogen) atoms. The highest BCUT2D eigenvalue weighted by Crippen LogP contribution is 2.32. The number of hydrogen-bond donors (Lipinski definition) is 0. The van der Waals surface area contributed by atoms with Gasteiger partial charge in [0.25, 0.3) is 0 Å². The molecule has 0 N–H and O–H groups in total. The Hall–Kier alpha value is -2.16. The largest absolute Gasteiger partial charge is 0.244 e. The van der Waals surface area contributed by atoms with Crippen LogP contribution in [0.3, 0.4) is 0 Å². The first-order valence-corrected chi connectivity index (χ1v) is 8.44. The van der Waals surface area contributed by atoms with E-state index in [4.69, 9.17) is 0 Å². The minimum Gasteiger partial charge on any atom is -0.244 e. The Labute approximate surface area is 137 Å². The molecule has 2 heterocycles. The number of hydrogen-bond acceptors (Lipinski definition) is 5. The molecule has 0 radical (unpaired) electrons. The molecule has 0 spiro atoms. The zero-order valence-electron chi connectivity index (χ0n) is 12.2. The van der Waals surface area contributed by atoms with Crippen molar-refractivity contribution >= 4 is 23.1 Å². The number of thiazole rings is 1. The van der Waals surface area contributed by atoms with Crippen LogP contribution in [0, 0.1) is 25.2 Å². The molecule has 0 saturated heterocycles. The van der Waals surface area contributed by atoms with Gasteiger partial charge in [0.2, 0.25) is 0 Å². The summed E-state index contributed by atoms with van der Waals surface area (Å²) in [5.74, 6) is 0. The lowest BCUT2D eigenvalue weighted by molar-refractivity contribution is 1.05. The predicted molar refractivity (Wildman–Crippen MR) is 90.1 cm³/mol.